The van der Waals surface area contributed by atoms with Gasteiger partial charge in [0.1, 0.15) is 0 Å². The molecule has 0 radical (unpaired) electrons. The van der Waals surface area contributed by atoms with Crippen molar-refractivity contribution in [2.75, 3.05) is 0 Å². The molecule has 0 bridgehead atoms. The Labute approximate surface area is 299 Å². The molecule has 3 nitrogen and oxygen atoms in total. The Balaban J connectivity index is 1.08. The summed E-state index contributed by atoms with van der Waals surface area (Å²) < 4.78 is 4.88. The van der Waals surface area contributed by atoms with Gasteiger partial charge in [-0.3, -0.25) is 4.98 Å². The third-order valence-electron chi connectivity index (χ3n) is 11.3. The number of para-hydroxylation sites is 2. The molecule has 1 aliphatic carbocycles. The van der Waals surface area contributed by atoms with E-state index in [-0.39, 0.29) is 0 Å². The van der Waals surface area contributed by atoms with Crippen LogP contribution in [0.2, 0.25) is 0 Å². The van der Waals surface area contributed by atoms with Gasteiger partial charge in [0.25, 0.3) is 0 Å². The van der Waals surface area contributed by atoms with Crippen molar-refractivity contribution < 1.29 is 0 Å². The van der Waals surface area contributed by atoms with Crippen molar-refractivity contribution in [3.8, 4) is 44.9 Å². The molecule has 11 aromatic rings. The van der Waals surface area contributed by atoms with Crippen molar-refractivity contribution in [1.29, 1.82) is 0 Å². The Morgan fingerprint density at radius 3 is 1.94 bits per heavy atom. The molecule has 1 aliphatic rings. The summed E-state index contributed by atoms with van der Waals surface area (Å²) in [5, 5.41) is 10.1. The van der Waals surface area contributed by atoms with Crippen LogP contribution in [0.15, 0.2) is 176 Å². The van der Waals surface area contributed by atoms with E-state index in [4.69, 9.17) is 4.98 Å². The van der Waals surface area contributed by atoms with Gasteiger partial charge in [0.2, 0.25) is 0 Å². The number of aromatic nitrogens is 3. The average molecular weight is 660 g/mol. The van der Waals surface area contributed by atoms with E-state index in [1.165, 1.54) is 104 Å². The summed E-state index contributed by atoms with van der Waals surface area (Å²) in [4.78, 5) is 4.79. The molecule has 8 aromatic carbocycles. The lowest BCUT2D eigenvalue weighted by Gasteiger charge is -2.13. The molecule has 0 saturated carbocycles. The fraction of sp³-hybridized carbons (Fsp3) is 0. The van der Waals surface area contributed by atoms with Crippen molar-refractivity contribution in [2.45, 2.75) is 0 Å². The first kappa shape index (κ1) is 27.8. The molecule has 3 heterocycles. The second-order valence-corrected chi connectivity index (χ2v) is 13.9. The molecule has 0 saturated heterocycles. The number of benzene rings is 8. The molecular formula is C49H29N3. The fourth-order valence-corrected chi connectivity index (χ4v) is 9.06. The third-order valence-corrected chi connectivity index (χ3v) is 11.3. The minimum atomic E-state index is 1.07. The Morgan fingerprint density at radius 1 is 0.385 bits per heavy atom. The molecule has 52 heavy (non-hydrogen) atoms. The number of pyridine rings is 1. The number of rotatable bonds is 3. The van der Waals surface area contributed by atoms with Gasteiger partial charge in [-0.2, -0.15) is 0 Å². The normalized spacial score (nSPS) is 12.2. The highest BCUT2D eigenvalue weighted by Gasteiger charge is 2.25. The first-order valence-electron chi connectivity index (χ1n) is 17.9. The maximum absolute atomic E-state index is 4.79. The quantitative estimate of drug-likeness (QED) is 0.185. The van der Waals surface area contributed by atoms with Gasteiger partial charge in [-0.1, -0.05) is 115 Å². The Hall–Kier alpha value is -6.97. The zero-order valence-electron chi connectivity index (χ0n) is 28.1. The molecule has 0 N–H and O–H groups in total. The van der Waals surface area contributed by atoms with E-state index in [0.29, 0.717) is 0 Å². The molecule has 0 atom stereocenters. The first-order valence-corrected chi connectivity index (χ1v) is 17.9. The minimum absolute atomic E-state index is 1.07. The van der Waals surface area contributed by atoms with Gasteiger partial charge in [-0.05, 0) is 76.7 Å². The Morgan fingerprint density at radius 2 is 1.08 bits per heavy atom. The summed E-state index contributed by atoms with van der Waals surface area (Å²) in [7, 11) is 0. The molecular weight excluding hydrogens is 631 g/mol. The lowest BCUT2D eigenvalue weighted by atomic mass is 10.00. The molecule has 240 valence electrons. The fourth-order valence-electron chi connectivity index (χ4n) is 9.06. The summed E-state index contributed by atoms with van der Waals surface area (Å²) in [6, 6.07) is 62.3. The molecule has 12 rings (SSSR count). The van der Waals surface area contributed by atoms with Crippen LogP contribution >= 0.6 is 0 Å². The smallest absolute Gasteiger partial charge is 0.0786 e. The van der Waals surface area contributed by atoms with Crippen LogP contribution < -0.4 is 0 Å². The van der Waals surface area contributed by atoms with Crippen LogP contribution in [0.5, 0.6) is 0 Å². The van der Waals surface area contributed by atoms with Crippen molar-refractivity contribution >= 4 is 65.2 Å². The van der Waals surface area contributed by atoms with E-state index < -0.39 is 0 Å². The third kappa shape index (κ3) is 3.66. The minimum Gasteiger partial charge on any atom is -0.309 e. The van der Waals surface area contributed by atoms with Crippen molar-refractivity contribution in [3.63, 3.8) is 0 Å². The number of fused-ring (bicyclic) bond motifs is 11. The summed E-state index contributed by atoms with van der Waals surface area (Å²) in [5.41, 5.74) is 14.4. The highest BCUT2D eigenvalue weighted by molar-refractivity contribution is 6.20. The van der Waals surface area contributed by atoms with Gasteiger partial charge in [-0.25, -0.2) is 0 Å². The molecule has 0 amide bonds. The van der Waals surface area contributed by atoms with Gasteiger partial charge in [-0.15, -0.1) is 0 Å². The highest BCUT2D eigenvalue weighted by Crippen LogP contribution is 2.48. The maximum atomic E-state index is 4.79. The lowest BCUT2D eigenvalue weighted by Crippen LogP contribution is -1.95. The van der Waals surface area contributed by atoms with Crippen LogP contribution in [-0.2, 0) is 0 Å². The first-order chi connectivity index (χ1) is 25.8. The topological polar surface area (TPSA) is 22.8 Å². The summed E-state index contributed by atoms with van der Waals surface area (Å²) in [6.45, 7) is 0. The average Bonchev–Trinajstić information content (AvgIpc) is 3.85. The van der Waals surface area contributed by atoms with Crippen molar-refractivity contribution in [2.24, 2.45) is 0 Å². The van der Waals surface area contributed by atoms with E-state index in [1.807, 2.05) is 12.3 Å². The van der Waals surface area contributed by atoms with Gasteiger partial charge >= 0.3 is 0 Å². The van der Waals surface area contributed by atoms with E-state index in [1.54, 1.807) is 0 Å². The zero-order chi connectivity index (χ0) is 33.9. The second-order valence-electron chi connectivity index (χ2n) is 13.9. The summed E-state index contributed by atoms with van der Waals surface area (Å²) in [5.74, 6) is 0. The van der Waals surface area contributed by atoms with Crippen LogP contribution in [-0.4, -0.2) is 14.1 Å². The molecule has 3 heteroatoms. The highest BCUT2D eigenvalue weighted by atomic mass is 15.0. The maximum Gasteiger partial charge on any atom is 0.0786 e. The standard InChI is InChI=1S/C49H29N3/c1-2-11-33(12-3-1)51-45-24-20-32(29-42(45)38-22-19-30-10-4-5-13-34(30)49(38)51)31-21-25-46-41(28-31)35-14-6-7-18-43(35)52(46)44-26-23-36-37-17-9-27-50-48(37)40-16-8-15-39(44)47(36)40/h1-29H. The van der Waals surface area contributed by atoms with Crippen LogP contribution in [0.3, 0.4) is 0 Å². The molecule has 3 aromatic heterocycles. The monoisotopic (exact) mass is 659 g/mol. The van der Waals surface area contributed by atoms with E-state index in [9.17, 15) is 0 Å². The van der Waals surface area contributed by atoms with Crippen LogP contribution in [0, 0.1) is 0 Å². The Bertz CT molecular complexity index is 3260. The van der Waals surface area contributed by atoms with E-state index in [2.05, 4.69) is 173 Å². The molecule has 0 unspecified atom stereocenters. The van der Waals surface area contributed by atoms with E-state index in [0.717, 1.165) is 5.69 Å². The van der Waals surface area contributed by atoms with Crippen molar-refractivity contribution in [3.05, 3.63) is 176 Å². The van der Waals surface area contributed by atoms with Gasteiger partial charge in [0.05, 0.1) is 33.4 Å². The SMILES string of the molecule is c1ccc(-n2c3ccc(-c4ccc5c(c4)c4ccccc4n5-c4ccc5c6c(cccc46)-c4ncccc4-5)cc3c3ccc4ccccc4c32)cc1. The van der Waals surface area contributed by atoms with Crippen molar-refractivity contribution in [1.82, 2.24) is 14.1 Å². The van der Waals surface area contributed by atoms with Gasteiger partial charge in [0.15, 0.2) is 0 Å². The predicted octanol–water partition coefficient (Wildman–Crippen LogP) is 12.9. The molecule has 0 fully saturated rings. The molecule has 0 aliphatic heterocycles. The largest absolute Gasteiger partial charge is 0.309 e. The van der Waals surface area contributed by atoms with Gasteiger partial charge < -0.3 is 9.13 Å². The number of hydrogen-bond acceptors (Lipinski definition) is 1. The summed E-state index contributed by atoms with van der Waals surface area (Å²) in [6.07, 6.45) is 1.90. The van der Waals surface area contributed by atoms with Crippen LogP contribution in [0.4, 0.5) is 0 Å². The van der Waals surface area contributed by atoms with Crippen LogP contribution in [0.25, 0.3) is 110 Å². The predicted molar refractivity (Wildman–Crippen MR) is 218 cm³/mol. The van der Waals surface area contributed by atoms with Gasteiger partial charge in [0, 0.05) is 60.7 Å². The lowest BCUT2D eigenvalue weighted by molar-refractivity contribution is 1.19. The summed E-state index contributed by atoms with van der Waals surface area (Å²) >= 11 is 0. The van der Waals surface area contributed by atoms with Crippen LogP contribution in [0.1, 0.15) is 0 Å². The Kier molecular flexibility index (Phi) is 5.50. The number of hydrogen-bond donors (Lipinski definition) is 0. The second kappa shape index (κ2) is 10.3. The molecule has 0 spiro atoms. The zero-order valence-corrected chi connectivity index (χ0v) is 28.1. The number of nitrogens with zero attached hydrogens (tertiary/aromatic N) is 3. The van der Waals surface area contributed by atoms with E-state index >= 15 is 0 Å².